The number of fused-ring (bicyclic) bond motifs is 1. The number of phenolic OH excluding ortho intramolecular Hbond substituents is 1. The van der Waals surface area contributed by atoms with Crippen molar-refractivity contribution in [2.24, 2.45) is 0 Å². The van der Waals surface area contributed by atoms with Crippen molar-refractivity contribution in [3.8, 4) is 17.1 Å². The first-order valence-corrected chi connectivity index (χ1v) is 7.26. The summed E-state index contributed by atoms with van der Waals surface area (Å²) in [6, 6.07) is 18.7. The number of benzene rings is 2. The lowest BCUT2D eigenvalue weighted by molar-refractivity contribution is 0.475. The van der Waals surface area contributed by atoms with Crippen LogP contribution in [0.2, 0.25) is 0 Å². The predicted molar refractivity (Wildman–Crippen MR) is 90.7 cm³/mol. The molecule has 0 amide bonds. The first-order valence-electron chi connectivity index (χ1n) is 7.26. The van der Waals surface area contributed by atoms with Crippen LogP contribution in [0.1, 0.15) is 0 Å². The molecule has 0 aliphatic heterocycles. The number of hydrogen-bond acceptors (Lipinski definition) is 4. The van der Waals surface area contributed by atoms with E-state index in [2.05, 4.69) is 20.3 Å². The fraction of sp³-hybridized carbons (Fsp3) is 0. The minimum Gasteiger partial charge on any atom is -0.508 e. The van der Waals surface area contributed by atoms with E-state index in [1.807, 2.05) is 42.5 Å². The van der Waals surface area contributed by atoms with Gasteiger partial charge in [0.05, 0.1) is 5.52 Å². The number of H-pyrrole nitrogens is 1. The molecule has 4 rings (SSSR count). The molecule has 112 valence electrons. The lowest BCUT2D eigenvalue weighted by Crippen LogP contribution is -1.93. The van der Waals surface area contributed by atoms with E-state index in [1.165, 1.54) is 0 Å². The van der Waals surface area contributed by atoms with Crippen molar-refractivity contribution in [1.82, 2.24) is 15.0 Å². The smallest absolute Gasteiger partial charge is 0.158 e. The third-order valence-electron chi connectivity index (χ3n) is 3.56. The average Bonchev–Trinajstić information content (AvgIpc) is 3.01. The molecular formula is C18H14N4O. The molecular weight excluding hydrogens is 288 g/mol. The fourth-order valence-corrected chi connectivity index (χ4v) is 2.47. The van der Waals surface area contributed by atoms with Crippen molar-refractivity contribution in [1.29, 1.82) is 0 Å². The summed E-state index contributed by atoms with van der Waals surface area (Å²) < 4.78 is 0. The van der Waals surface area contributed by atoms with Gasteiger partial charge in [-0.15, -0.1) is 0 Å². The van der Waals surface area contributed by atoms with Gasteiger partial charge in [-0.2, -0.15) is 0 Å². The molecule has 5 nitrogen and oxygen atoms in total. The number of hydrogen-bond donors (Lipinski definition) is 3. The van der Waals surface area contributed by atoms with Gasteiger partial charge in [-0.05, 0) is 30.3 Å². The highest BCUT2D eigenvalue weighted by molar-refractivity contribution is 5.89. The molecule has 23 heavy (non-hydrogen) atoms. The molecule has 0 fully saturated rings. The summed E-state index contributed by atoms with van der Waals surface area (Å²) in [5.74, 6) is 1.60. The van der Waals surface area contributed by atoms with Crippen LogP contribution in [0, 0.1) is 0 Å². The highest BCUT2D eigenvalue weighted by atomic mass is 16.3. The number of aromatic amines is 1. The van der Waals surface area contributed by atoms with Crippen LogP contribution in [0.3, 0.4) is 0 Å². The minimum atomic E-state index is 0.212. The maximum Gasteiger partial charge on any atom is 0.158 e. The summed E-state index contributed by atoms with van der Waals surface area (Å²) in [4.78, 5) is 12.3. The topological polar surface area (TPSA) is 73.8 Å². The van der Waals surface area contributed by atoms with Gasteiger partial charge in [-0.1, -0.05) is 30.3 Å². The molecule has 0 saturated carbocycles. The van der Waals surface area contributed by atoms with Crippen molar-refractivity contribution >= 4 is 22.5 Å². The van der Waals surface area contributed by atoms with E-state index in [-0.39, 0.29) is 5.75 Å². The molecule has 2 aromatic carbocycles. The Morgan fingerprint density at radius 2 is 1.83 bits per heavy atom. The highest BCUT2D eigenvalue weighted by Gasteiger charge is 2.10. The highest BCUT2D eigenvalue weighted by Crippen LogP contribution is 2.27. The largest absolute Gasteiger partial charge is 0.508 e. The van der Waals surface area contributed by atoms with Gasteiger partial charge in [0, 0.05) is 17.4 Å². The Morgan fingerprint density at radius 1 is 0.957 bits per heavy atom. The SMILES string of the molecule is Oc1cccc(-c2nc3c(Nc4ccccc4)nccc3[nH]2)c1. The van der Waals surface area contributed by atoms with E-state index in [4.69, 9.17) is 0 Å². The number of pyridine rings is 1. The van der Waals surface area contributed by atoms with Gasteiger partial charge in [0.2, 0.25) is 0 Å². The summed E-state index contributed by atoms with van der Waals surface area (Å²) in [6.07, 6.45) is 1.73. The van der Waals surface area contributed by atoms with Crippen LogP contribution in [-0.2, 0) is 0 Å². The molecule has 2 heterocycles. The minimum absolute atomic E-state index is 0.212. The number of aromatic nitrogens is 3. The van der Waals surface area contributed by atoms with Crippen LogP contribution < -0.4 is 5.32 Å². The Morgan fingerprint density at radius 3 is 2.65 bits per heavy atom. The number of aromatic hydroxyl groups is 1. The zero-order valence-electron chi connectivity index (χ0n) is 12.2. The number of imidazole rings is 1. The van der Waals surface area contributed by atoms with Crippen LogP contribution in [-0.4, -0.2) is 20.1 Å². The van der Waals surface area contributed by atoms with Gasteiger partial charge in [0.15, 0.2) is 5.82 Å². The van der Waals surface area contributed by atoms with E-state index in [1.54, 1.807) is 24.4 Å². The molecule has 2 aromatic heterocycles. The van der Waals surface area contributed by atoms with Crippen LogP contribution >= 0.6 is 0 Å². The summed E-state index contributed by atoms with van der Waals surface area (Å²) in [5, 5.41) is 12.9. The lowest BCUT2D eigenvalue weighted by atomic mass is 10.2. The zero-order valence-corrected chi connectivity index (χ0v) is 12.2. The van der Waals surface area contributed by atoms with Gasteiger partial charge in [-0.25, -0.2) is 9.97 Å². The molecule has 0 bridgehead atoms. The molecule has 0 aliphatic carbocycles. The van der Waals surface area contributed by atoms with E-state index in [9.17, 15) is 5.11 Å². The third kappa shape index (κ3) is 2.60. The standard InChI is InChI=1S/C18H14N4O/c23-14-8-4-5-12(11-14)17-21-15-9-10-19-18(16(15)22-17)20-13-6-2-1-3-7-13/h1-11,23H,(H,19,20)(H,21,22). The number of nitrogens with one attached hydrogen (secondary N) is 2. The van der Waals surface area contributed by atoms with Gasteiger partial charge in [0.25, 0.3) is 0 Å². The van der Waals surface area contributed by atoms with Gasteiger partial charge < -0.3 is 15.4 Å². The summed E-state index contributed by atoms with van der Waals surface area (Å²) in [5.41, 5.74) is 3.42. The number of rotatable bonds is 3. The van der Waals surface area contributed by atoms with Crippen molar-refractivity contribution in [2.45, 2.75) is 0 Å². The predicted octanol–water partition coefficient (Wildman–Crippen LogP) is 4.07. The molecule has 4 aromatic rings. The normalized spacial score (nSPS) is 10.8. The Balaban J connectivity index is 1.78. The Bertz CT molecular complexity index is 963. The second-order valence-corrected chi connectivity index (χ2v) is 5.18. The summed E-state index contributed by atoms with van der Waals surface area (Å²) >= 11 is 0. The van der Waals surface area contributed by atoms with Crippen LogP contribution in [0.15, 0.2) is 66.9 Å². The lowest BCUT2D eigenvalue weighted by Gasteiger charge is -2.05. The maximum absolute atomic E-state index is 9.63. The van der Waals surface area contributed by atoms with E-state index in [0.717, 1.165) is 22.3 Å². The summed E-state index contributed by atoms with van der Waals surface area (Å²) in [6.45, 7) is 0. The molecule has 0 aliphatic rings. The molecule has 0 atom stereocenters. The molecule has 0 unspecified atom stereocenters. The first kappa shape index (κ1) is 13.3. The Kier molecular flexibility index (Phi) is 3.16. The number of nitrogens with zero attached hydrogens (tertiary/aromatic N) is 2. The molecule has 3 N–H and O–H groups in total. The van der Waals surface area contributed by atoms with E-state index >= 15 is 0 Å². The number of para-hydroxylation sites is 1. The van der Waals surface area contributed by atoms with Gasteiger partial charge >= 0.3 is 0 Å². The van der Waals surface area contributed by atoms with Crippen molar-refractivity contribution < 1.29 is 5.11 Å². The Hall–Kier alpha value is -3.34. The van der Waals surface area contributed by atoms with Gasteiger partial charge in [0.1, 0.15) is 17.1 Å². The molecule has 0 radical (unpaired) electrons. The zero-order chi connectivity index (χ0) is 15.6. The quantitative estimate of drug-likeness (QED) is 0.533. The Labute approximate surface area is 132 Å². The monoisotopic (exact) mass is 302 g/mol. The summed E-state index contributed by atoms with van der Waals surface area (Å²) in [7, 11) is 0. The van der Waals surface area contributed by atoms with Crippen LogP contribution in [0.5, 0.6) is 5.75 Å². The fourth-order valence-electron chi connectivity index (χ4n) is 2.47. The number of anilines is 2. The second-order valence-electron chi connectivity index (χ2n) is 5.18. The van der Waals surface area contributed by atoms with Crippen LogP contribution in [0.4, 0.5) is 11.5 Å². The van der Waals surface area contributed by atoms with E-state index in [0.29, 0.717) is 11.6 Å². The molecule has 0 spiro atoms. The third-order valence-corrected chi connectivity index (χ3v) is 3.56. The second kappa shape index (κ2) is 5.46. The first-order chi connectivity index (χ1) is 11.3. The number of phenols is 1. The molecule has 0 saturated heterocycles. The van der Waals surface area contributed by atoms with E-state index < -0.39 is 0 Å². The average molecular weight is 302 g/mol. The molecule has 5 heteroatoms. The van der Waals surface area contributed by atoms with Crippen molar-refractivity contribution in [3.05, 3.63) is 66.9 Å². The maximum atomic E-state index is 9.63. The van der Waals surface area contributed by atoms with Gasteiger partial charge in [-0.3, -0.25) is 0 Å². The van der Waals surface area contributed by atoms with Crippen molar-refractivity contribution in [2.75, 3.05) is 5.32 Å². The van der Waals surface area contributed by atoms with Crippen molar-refractivity contribution in [3.63, 3.8) is 0 Å². The van der Waals surface area contributed by atoms with Crippen LogP contribution in [0.25, 0.3) is 22.4 Å².